The fraction of sp³-hybridized carbons (Fsp3) is 0.640. The molecule has 0 heterocycles. The SMILES string of the molecule is CC(C)c1ccc2c(c1)CC[C@H]1[C@](C)(CNC(=O)C=CN(C)C)CCC[C@]21C. The zero-order chi connectivity index (χ0) is 20.5. The lowest BCUT2D eigenvalue weighted by atomic mass is 9.49. The van der Waals surface area contributed by atoms with Crippen LogP contribution >= 0.6 is 0 Å². The Kier molecular flexibility index (Phi) is 5.93. The molecule has 3 rings (SSSR count). The lowest BCUT2D eigenvalue weighted by Gasteiger charge is -2.55. The molecule has 0 radical (unpaired) electrons. The summed E-state index contributed by atoms with van der Waals surface area (Å²) in [5.41, 5.74) is 4.97. The minimum atomic E-state index is 0.0139. The number of fused-ring (bicyclic) bond motifs is 3. The van der Waals surface area contributed by atoms with Crippen LogP contribution in [0.15, 0.2) is 30.5 Å². The minimum Gasteiger partial charge on any atom is -0.383 e. The monoisotopic (exact) mass is 382 g/mol. The molecule has 0 aliphatic heterocycles. The van der Waals surface area contributed by atoms with Crippen molar-refractivity contribution in [3.63, 3.8) is 0 Å². The standard InChI is InChI=1S/C25H38N2O/c1-18(2)19-8-10-21-20(16-19)9-11-22-24(3,13-7-14-25(21,22)4)17-26-23(28)12-15-27(5)6/h8,10,12,15-16,18,22H,7,9,11,13-14,17H2,1-6H3,(H,26,28)/t22-,24-,25+/m0/s1. The summed E-state index contributed by atoms with van der Waals surface area (Å²) in [6.45, 7) is 10.2. The summed E-state index contributed by atoms with van der Waals surface area (Å²) in [5.74, 6) is 1.21. The molecule has 1 amide bonds. The molecular weight excluding hydrogens is 344 g/mol. The summed E-state index contributed by atoms with van der Waals surface area (Å²) in [5, 5.41) is 3.19. The molecule has 0 saturated heterocycles. The zero-order valence-corrected chi connectivity index (χ0v) is 18.6. The van der Waals surface area contributed by atoms with Crippen LogP contribution in [0.3, 0.4) is 0 Å². The Morgan fingerprint density at radius 3 is 2.71 bits per heavy atom. The van der Waals surface area contributed by atoms with Crippen LogP contribution in [0.4, 0.5) is 0 Å². The summed E-state index contributed by atoms with van der Waals surface area (Å²) in [7, 11) is 3.86. The van der Waals surface area contributed by atoms with Crippen LogP contribution in [-0.4, -0.2) is 31.4 Å². The van der Waals surface area contributed by atoms with Gasteiger partial charge in [0.25, 0.3) is 0 Å². The lowest BCUT2D eigenvalue weighted by molar-refractivity contribution is -0.117. The number of amides is 1. The minimum absolute atomic E-state index is 0.0139. The number of hydrogen-bond donors (Lipinski definition) is 1. The van der Waals surface area contributed by atoms with Gasteiger partial charge >= 0.3 is 0 Å². The van der Waals surface area contributed by atoms with E-state index in [2.05, 4.69) is 51.2 Å². The molecule has 0 bridgehead atoms. The van der Waals surface area contributed by atoms with E-state index in [4.69, 9.17) is 0 Å². The van der Waals surface area contributed by atoms with E-state index < -0.39 is 0 Å². The average Bonchev–Trinajstić information content (AvgIpc) is 2.64. The van der Waals surface area contributed by atoms with E-state index in [9.17, 15) is 4.79 Å². The van der Waals surface area contributed by atoms with Gasteiger partial charge in [0.05, 0.1) is 0 Å². The Bertz CT molecular complexity index is 751. The van der Waals surface area contributed by atoms with Crippen LogP contribution in [0, 0.1) is 11.3 Å². The maximum absolute atomic E-state index is 12.2. The van der Waals surface area contributed by atoms with Gasteiger partial charge in [0.2, 0.25) is 5.91 Å². The molecule has 3 heteroatoms. The molecule has 3 atom stereocenters. The number of nitrogens with zero attached hydrogens (tertiary/aromatic N) is 1. The Balaban J connectivity index is 1.81. The largest absolute Gasteiger partial charge is 0.383 e. The molecule has 3 nitrogen and oxygen atoms in total. The van der Waals surface area contributed by atoms with Crippen LogP contribution < -0.4 is 5.32 Å². The highest BCUT2D eigenvalue weighted by molar-refractivity contribution is 5.87. The molecule has 2 aliphatic carbocycles. The van der Waals surface area contributed by atoms with Gasteiger partial charge in [-0.2, -0.15) is 0 Å². The van der Waals surface area contributed by atoms with E-state index in [1.807, 2.05) is 25.2 Å². The van der Waals surface area contributed by atoms with Gasteiger partial charge in [-0.1, -0.05) is 52.3 Å². The number of hydrogen-bond acceptors (Lipinski definition) is 2. The number of carbonyl (C=O) groups excluding carboxylic acids is 1. The first-order valence-corrected chi connectivity index (χ1v) is 10.9. The highest BCUT2D eigenvalue weighted by Gasteiger charge is 2.51. The van der Waals surface area contributed by atoms with E-state index in [0.29, 0.717) is 11.8 Å². The van der Waals surface area contributed by atoms with Gasteiger partial charge in [-0.3, -0.25) is 4.79 Å². The van der Waals surface area contributed by atoms with Crippen molar-refractivity contribution in [1.82, 2.24) is 10.2 Å². The number of carbonyl (C=O) groups is 1. The highest BCUT2D eigenvalue weighted by atomic mass is 16.1. The fourth-order valence-electron chi connectivity index (χ4n) is 5.78. The van der Waals surface area contributed by atoms with Crippen LogP contribution in [-0.2, 0) is 16.6 Å². The zero-order valence-electron chi connectivity index (χ0n) is 18.6. The molecule has 154 valence electrons. The molecule has 0 spiro atoms. The van der Waals surface area contributed by atoms with Crippen molar-refractivity contribution in [1.29, 1.82) is 0 Å². The first-order chi connectivity index (χ1) is 13.2. The summed E-state index contributed by atoms with van der Waals surface area (Å²) < 4.78 is 0. The molecule has 28 heavy (non-hydrogen) atoms. The quantitative estimate of drug-likeness (QED) is 0.726. The molecule has 0 unspecified atom stereocenters. The predicted octanol–water partition coefficient (Wildman–Crippen LogP) is 5.01. The van der Waals surface area contributed by atoms with Crippen LogP contribution in [0.2, 0.25) is 0 Å². The highest BCUT2D eigenvalue weighted by Crippen LogP contribution is 2.57. The van der Waals surface area contributed by atoms with Crippen LogP contribution in [0.5, 0.6) is 0 Å². The third kappa shape index (κ3) is 3.99. The first kappa shape index (κ1) is 21.0. The van der Waals surface area contributed by atoms with E-state index in [1.54, 1.807) is 17.2 Å². The number of rotatable bonds is 5. The van der Waals surface area contributed by atoms with Gasteiger partial charge < -0.3 is 10.2 Å². The van der Waals surface area contributed by atoms with Crippen LogP contribution in [0.25, 0.3) is 0 Å². The van der Waals surface area contributed by atoms with E-state index in [0.717, 1.165) is 6.54 Å². The second-order valence-electron chi connectivity index (χ2n) is 10.1. The van der Waals surface area contributed by atoms with Gasteiger partial charge in [0, 0.05) is 32.9 Å². The second kappa shape index (κ2) is 7.93. The molecule has 1 saturated carbocycles. The first-order valence-electron chi connectivity index (χ1n) is 10.9. The summed E-state index contributed by atoms with van der Waals surface area (Å²) in [4.78, 5) is 14.1. The molecule has 1 aromatic rings. The maximum atomic E-state index is 12.2. The Labute approximate surface area is 171 Å². The molecule has 0 aromatic heterocycles. The molecule has 1 N–H and O–H groups in total. The topological polar surface area (TPSA) is 32.3 Å². The molecular formula is C25H38N2O. The van der Waals surface area contributed by atoms with Gasteiger partial charge in [-0.15, -0.1) is 0 Å². The average molecular weight is 383 g/mol. The van der Waals surface area contributed by atoms with Crippen molar-refractivity contribution in [2.45, 2.75) is 71.1 Å². The van der Waals surface area contributed by atoms with Crippen molar-refractivity contribution in [2.24, 2.45) is 11.3 Å². The molecule has 1 aromatic carbocycles. The Morgan fingerprint density at radius 1 is 1.29 bits per heavy atom. The van der Waals surface area contributed by atoms with Gasteiger partial charge in [-0.25, -0.2) is 0 Å². The normalized spacial score (nSPS) is 29.5. The Morgan fingerprint density at radius 2 is 2.04 bits per heavy atom. The van der Waals surface area contributed by atoms with Crippen molar-refractivity contribution < 1.29 is 4.79 Å². The fourth-order valence-corrected chi connectivity index (χ4v) is 5.78. The van der Waals surface area contributed by atoms with E-state index in [1.165, 1.54) is 37.7 Å². The Hall–Kier alpha value is -1.77. The van der Waals surface area contributed by atoms with E-state index in [-0.39, 0.29) is 16.7 Å². The van der Waals surface area contributed by atoms with Gasteiger partial charge in [0.15, 0.2) is 0 Å². The summed E-state index contributed by atoms with van der Waals surface area (Å²) in [6, 6.07) is 7.22. The van der Waals surface area contributed by atoms with Crippen molar-refractivity contribution in [2.75, 3.05) is 20.6 Å². The lowest BCUT2D eigenvalue weighted by Crippen LogP contribution is -2.53. The molecule has 1 fully saturated rings. The summed E-state index contributed by atoms with van der Waals surface area (Å²) in [6.07, 6.45) is 9.53. The number of aryl methyl sites for hydroxylation is 1. The number of nitrogens with one attached hydrogen (secondary N) is 1. The van der Waals surface area contributed by atoms with Crippen molar-refractivity contribution in [3.05, 3.63) is 47.2 Å². The van der Waals surface area contributed by atoms with Crippen molar-refractivity contribution >= 4 is 5.91 Å². The second-order valence-corrected chi connectivity index (χ2v) is 10.1. The van der Waals surface area contributed by atoms with Crippen LogP contribution in [0.1, 0.15) is 76.0 Å². The summed E-state index contributed by atoms with van der Waals surface area (Å²) >= 11 is 0. The van der Waals surface area contributed by atoms with Gasteiger partial charge in [0.1, 0.15) is 0 Å². The number of benzene rings is 1. The third-order valence-electron chi connectivity index (χ3n) is 7.36. The molecule has 2 aliphatic rings. The van der Waals surface area contributed by atoms with Crippen molar-refractivity contribution in [3.8, 4) is 0 Å². The van der Waals surface area contributed by atoms with Gasteiger partial charge in [-0.05, 0) is 65.0 Å². The smallest absolute Gasteiger partial charge is 0.245 e. The van der Waals surface area contributed by atoms with E-state index >= 15 is 0 Å². The predicted molar refractivity (Wildman–Crippen MR) is 117 cm³/mol. The maximum Gasteiger partial charge on any atom is 0.245 e. The third-order valence-corrected chi connectivity index (χ3v) is 7.36.